The number of carboxylic acids is 1. The molecule has 4 rings (SSSR count). The van der Waals surface area contributed by atoms with Crippen molar-refractivity contribution in [3.05, 3.63) is 79.8 Å². The number of hydrogen-bond donors (Lipinski definition) is 1. The van der Waals surface area contributed by atoms with Gasteiger partial charge in [0.2, 0.25) is 6.23 Å². The molecule has 33 heavy (non-hydrogen) atoms. The van der Waals surface area contributed by atoms with E-state index in [2.05, 4.69) is 0 Å². The van der Waals surface area contributed by atoms with Gasteiger partial charge in [-0.1, -0.05) is 29.3 Å². The third-order valence-corrected chi connectivity index (χ3v) is 5.73. The van der Waals surface area contributed by atoms with E-state index in [9.17, 15) is 19.1 Å². The molecule has 0 fully saturated rings. The van der Waals surface area contributed by atoms with Gasteiger partial charge >= 0.3 is 5.97 Å². The van der Waals surface area contributed by atoms with E-state index in [-0.39, 0.29) is 21.4 Å². The number of carbonyl (C=O) groups is 1. The highest BCUT2D eigenvalue weighted by Crippen LogP contribution is 2.46. The minimum atomic E-state index is -1.42. The van der Waals surface area contributed by atoms with E-state index in [1.54, 1.807) is 19.2 Å². The molecule has 2 heterocycles. The van der Waals surface area contributed by atoms with Crippen molar-refractivity contribution in [1.82, 2.24) is 4.57 Å². The molecule has 1 aromatic heterocycles. The summed E-state index contributed by atoms with van der Waals surface area (Å²) >= 11 is 12.7. The quantitative estimate of drug-likeness (QED) is 0.465. The van der Waals surface area contributed by atoms with Crippen molar-refractivity contribution in [1.29, 1.82) is 0 Å². The molecule has 172 valence electrons. The normalized spacial score (nSPS) is 14.2. The Bertz CT molecular complexity index is 1270. The van der Waals surface area contributed by atoms with Crippen molar-refractivity contribution in [2.45, 2.75) is 12.6 Å². The van der Waals surface area contributed by atoms with Crippen LogP contribution in [0.25, 0.3) is 11.3 Å². The van der Waals surface area contributed by atoms with E-state index < -0.39 is 29.0 Å². The summed E-state index contributed by atoms with van der Waals surface area (Å²) < 4.78 is 33.0. The van der Waals surface area contributed by atoms with Gasteiger partial charge in [0.05, 0.1) is 27.9 Å². The van der Waals surface area contributed by atoms with Crippen LogP contribution < -0.4 is 14.9 Å². The molecule has 10 heteroatoms. The summed E-state index contributed by atoms with van der Waals surface area (Å²) in [4.78, 5) is 24.0. The van der Waals surface area contributed by atoms with Crippen LogP contribution in [0.1, 0.15) is 28.6 Å². The van der Waals surface area contributed by atoms with E-state index >= 15 is 0 Å². The fourth-order valence-electron chi connectivity index (χ4n) is 3.57. The fraction of sp³-hybridized carbons (Fsp3) is 0.217. The summed E-state index contributed by atoms with van der Waals surface area (Å²) in [5.74, 6) is -1.46. The van der Waals surface area contributed by atoms with Gasteiger partial charge in [0.1, 0.15) is 22.9 Å². The second-order valence-electron chi connectivity index (χ2n) is 7.23. The molecule has 1 aliphatic rings. The molecule has 0 bridgehead atoms. The van der Waals surface area contributed by atoms with E-state index in [0.717, 1.165) is 12.3 Å². The first-order valence-corrected chi connectivity index (χ1v) is 10.6. The molecule has 1 unspecified atom stereocenters. The molecule has 1 N–H and O–H groups in total. The predicted molar refractivity (Wildman–Crippen MR) is 120 cm³/mol. The highest BCUT2D eigenvalue weighted by Gasteiger charge is 2.32. The number of nitrogens with zero attached hydrogens (tertiary/aromatic N) is 1. The largest absolute Gasteiger partial charge is 0.492 e. The van der Waals surface area contributed by atoms with Gasteiger partial charge in [-0.2, -0.15) is 0 Å². The molecular formula is C23H18Cl2FNO6. The van der Waals surface area contributed by atoms with Crippen LogP contribution in [0.2, 0.25) is 10.0 Å². The maximum absolute atomic E-state index is 14.8. The molecular weight excluding hydrogens is 476 g/mol. The van der Waals surface area contributed by atoms with Crippen molar-refractivity contribution in [3.8, 4) is 22.8 Å². The van der Waals surface area contributed by atoms with Crippen LogP contribution in [-0.2, 0) is 4.74 Å². The van der Waals surface area contributed by atoms with E-state index in [1.807, 2.05) is 0 Å². The Kier molecular flexibility index (Phi) is 6.60. The fourth-order valence-corrected chi connectivity index (χ4v) is 4.04. The minimum Gasteiger partial charge on any atom is -0.492 e. The lowest BCUT2D eigenvalue weighted by Crippen LogP contribution is -2.28. The van der Waals surface area contributed by atoms with Crippen LogP contribution in [0.3, 0.4) is 0 Å². The van der Waals surface area contributed by atoms with Crippen LogP contribution in [0.4, 0.5) is 4.39 Å². The van der Waals surface area contributed by atoms with Gasteiger partial charge < -0.3 is 23.9 Å². The smallest absolute Gasteiger partial charge is 0.341 e. The number of carboxylic acid groups (broad SMARTS) is 1. The first kappa shape index (κ1) is 23.1. The van der Waals surface area contributed by atoms with Gasteiger partial charge in [0.15, 0.2) is 5.43 Å². The topological polar surface area (TPSA) is 87.0 Å². The maximum Gasteiger partial charge on any atom is 0.341 e. The van der Waals surface area contributed by atoms with Gasteiger partial charge in [-0.25, -0.2) is 9.18 Å². The summed E-state index contributed by atoms with van der Waals surface area (Å²) in [6.45, 7) is 0.849. The predicted octanol–water partition coefficient (Wildman–Crippen LogP) is 5.01. The molecule has 3 aromatic rings. The molecule has 0 saturated carbocycles. The van der Waals surface area contributed by atoms with Gasteiger partial charge in [-0.05, 0) is 18.2 Å². The van der Waals surface area contributed by atoms with Crippen LogP contribution in [0, 0.1) is 5.82 Å². The monoisotopic (exact) mass is 493 g/mol. The number of fused-ring (bicyclic) bond motifs is 3. The lowest BCUT2D eigenvalue weighted by Gasteiger charge is -2.32. The number of halogens is 3. The van der Waals surface area contributed by atoms with Gasteiger partial charge in [0, 0.05) is 44.0 Å². The number of hydrogen-bond acceptors (Lipinski definition) is 5. The third kappa shape index (κ3) is 4.42. The standard InChI is InChI=1S/C23H18Cl2FNO6/c1-31-6-3-7-32-20-10-19-12(8-15(20)25)17-9-18(28)13(23(29)30)11-27(17)22(33-19)21-14(24)4-2-5-16(21)26/h2,4-5,8-11,22H,3,6-7H2,1H3,(H,29,30). The third-order valence-electron chi connectivity index (χ3n) is 5.11. The molecule has 0 aliphatic carbocycles. The molecule has 1 aliphatic heterocycles. The van der Waals surface area contributed by atoms with Crippen LogP contribution in [0.15, 0.2) is 47.4 Å². The van der Waals surface area contributed by atoms with Crippen LogP contribution >= 0.6 is 23.2 Å². The number of ether oxygens (including phenoxy) is 3. The second kappa shape index (κ2) is 9.43. The maximum atomic E-state index is 14.8. The lowest BCUT2D eigenvalue weighted by atomic mass is 10.0. The molecule has 1 atom stereocenters. The van der Waals surface area contributed by atoms with Crippen molar-refractivity contribution >= 4 is 29.2 Å². The zero-order chi connectivity index (χ0) is 23.7. The van der Waals surface area contributed by atoms with E-state index in [0.29, 0.717) is 36.6 Å². The second-order valence-corrected chi connectivity index (χ2v) is 8.04. The zero-order valence-electron chi connectivity index (χ0n) is 17.3. The number of methoxy groups -OCH3 is 1. The molecule has 0 amide bonds. The number of aromatic carboxylic acids is 1. The molecule has 0 spiro atoms. The number of rotatable bonds is 7. The van der Waals surface area contributed by atoms with Crippen LogP contribution in [0.5, 0.6) is 11.5 Å². The Morgan fingerprint density at radius 1 is 1.21 bits per heavy atom. The highest BCUT2D eigenvalue weighted by molar-refractivity contribution is 6.32. The Labute approximate surface area is 197 Å². The van der Waals surface area contributed by atoms with Crippen LogP contribution in [-0.4, -0.2) is 36.0 Å². The average molecular weight is 494 g/mol. The Morgan fingerprint density at radius 3 is 2.70 bits per heavy atom. The Morgan fingerprint density at radius 2 is 2.00 bits per heavy atom. The molecule has 0 radical (unpaired) electrons. The van der Waals surface area contributed by atoms with E-state index in [1.165, 1.54) is 22.8 Å². The van der Waals surface area contributed by atoms with E-state index in [4.69, 9.17) is 37.4 Å². The van der Waals surface area contributed by atoms with Gasteiger partial charge in [-0.15, -0.1) is 0 Å². The Hall–Kier alpha value is -3.07. The first-order valence-electron chi connectivity index (χ1n) is 9.87. The molecule has 0 saturated heterocycles. The molecule has 7 nitrogen and oxygen atoms in total. The summed E-state index contributed by atoms with van der Waals surface area (Å²) in [5.41, 5.74) is -0.502. The number of pyridine rings is 1. The van der Waals surface area contributed by atoms with Crippen molar-refractivity contribution in [3.63, 3.8) is 0 Å². The number of aromatic nitrogens is 1. The zero-order valence-corrected chi connectivity index (χ0v) is 18.8. The summed E-state index contributed by atoms with van der Waals surface area (Å²) in [6.07, 6.45) is 0.566. The minimum absolute atomic E-state index is 0.0106. The number of benzene rings is 2. The first-order chi connectivity index (χ1) is 15.8. The summed E-state index contributed by atoms with van der Waals surface area (Å²) in [5, 5.41) is 9.77. The van der Waals surface area contributed by atoms with Gasteiger partial charge in [-0.3, -0.25) is 4.79 Å². The van der Waals surface area contributed by atoms with Crippen molar-refractivity contribution < 1.29 is 28.5 Å². The Balaban J connectivity index is 1.89. The van der Waals surface area contributed by atoms with Crippen molar-refractivity contribution in [2.24, 2.45) is 0 Å². The lowest BCUT2D eigenvalue weighted by molar-refractivity contribution is 0.0693. The van der Waals surface area contributed by atoms with Crippen molar-refractivity contribution in [2.75, 3.05) is 20.3 Å². The average Bonchev–Trinajstić information content (AvgIpc) is 2.76. The SMILES string of the molecule is COCCCOc1cc2c(cc1Cl)-c1cc(=O)c(C(=O)O)cn1C(c1c(F)cccc1Cl)O2. The molecule has 2 aromatic carbocycles. The highest BCUT2D eigenvalue weighted by atomic mass is 35.5. The van der Waals surface area contributed by atoms with Gasteiger partial charge in [0.25, 0.3) is 0 Å². The summed E-state index contributed by atoms with van der Waals surface area (Å²) in [7, 11) is 1.59. The summed E-state index contributed by atoms with van der Waals surface area (Å²) in [6, 6.07) is 8.40.